The van der Waals surface area contributed by atoms with E-state index in [0.717, 1.165) is 67.0 Å². The molecule has 0 atom stereocenters. The van der Waals surface area contributed by atoms with Crippen LogP contribution in [0.15, 0.2) is 197 Å². The number of hydrogen-bond donors (Lipinski definition) is 0. The van der Waals surface area contributed by atoms with Gasteiger partial charge in [0.2, 0.25) is 5.71 Å². The third-order valence-corrected chi connectivity index (χ3v) is 16.1. The maximum Gasteiger partial charge on any atom is 0.229 e. The molecule has 9 nitrogen and oxygen atoms in total. The van der Waals surface area contributed by atoms with Gasteiger partial charge in [-0.1, -0.05) is 152 Å². The lowest BCUT2D eigenvalue weighted by Crippen LogP contribution is -2.09. The molecule has 0 fully saturated rings. The normalized spacial score (nSPS) is 12.2. The van der Waals surface area contributed by atoms with Crippen LogP contribution in [-0.2, 0) is 0 Å². The Labute approximate surface area is 476 Å². The largest absolute Gasteiger partial charge is 0.457 e. The van der Waals surface area contributed by atoms with Crippen LogP contribution in [0.3, 0.4) is 0 Å². The molecule has 0 aliphatic carbocycles. The monoisotopic (exact) mass is 1070 g/mol. The van der Waals surface area contributed by atoms with E-state index in [4.69, 9.17) is 33.5 Å². The van der Waals surface area contributed by atoms with Crippen LogP contribution in [0, 0.1) is 6.92 Å². The molecule has 9 heteroatoms. The van der Waals surface area contributed by atoms with Crippen LogP contribution in [0.2, 0.25) is 0 Å². The van der Waals surface area contributed by atoms with Gasteiger partial charge >= 0.3 is 0 Å². The molecule has 14 rings (SSSR count). The van der Waals surface area contributed by atoms with Crippen molar-refractivity contribution >= 4 is 66.3 Å². The number of imidazole rings is 2. The van der Waals surface area contributed by atoms with Gasteiger partial charge in [0.1, 0.15) is 39.8 Å². The van der Waals surface area contributed by atoms with E-state index in [1.807, 2.05) is 31.2 Å². The zero-order chi connectivity index (χ0) is 56.1. The SMILES string of the molecule is Cc1ccc2c(n1)oc1cc3oc4c(-c5nc6ccccc6n5-c5c(C(C)C)cc(-c6ccccc6)cc5C(C)C)cc(Oc5cccc(-c6nc7ccccc7n6-c6c(C(C)C)cc(-c7ccccc7)cc6C(C)C)c5)cc4c3nc12. The van der Waals surface area contributed by atoms with Gasteiger partial charge in [0.15, 0.2) is 11.2 Å². The third kappa shape index (κ3) is 8.53. The maximum absolute atomic E-state index is 7.23. The van der Waals surface area contributed by atoms with Gasteiger partial charge in [0, 0.05) is 17.3 Å². The Morgan fingerprint density at radius 1 is 0.390 bits per heavy atom. The summed E-state index contributed by atoms with van der Waals surface area (Å²) in [5.74, 6) is 3.58. The highest BCUT2D eigenvalue weighted by molar-refractivity contribution is 6.13. The minimum absolute atomic E-state index is 0.168. The summed E-state index contributed by atoms with van der Waals surface area (Å²) in [5.41, 5.74) is 22.1. The Morgan fingerprint density at radius 2 is 0.890 bits per heavy atom. The predicted octanol–water partition coefficient (Wildman–Crippen LogP) is 20.2. The first-order valence-corrected chi connectivity index (χ1v) is 28.6. The molecule has 402 valence electrons. The van der Waals surface area contributed by atoms with E-state index < -0.39 is 0 Å². The Balaban J connectivity index is 0.988. The van der Waals surface area contributed by atoms with E-state index in [2.05, 4.69) is 228 Å². The average Bonchev–Trinajstić information content (AvgIpc) is 4.46. The zero-order valence-corrected chi connectivity index (χ0v) is 47.6. The Bertz CT molecular complexity index is 4750. The summed E-state index contributed by atoms with van der Waals surface area (Å²) in [6.07, 6.45) is 0. The molecule has 0 bridgehead atoms. The van der Waals surface area contributed by atoms with E-state index in [0.29, 0.717) is 45.0 Å². The van der Waals surface area contributed by atoms with Crippen molar-refractivity contribution in [3.63, 3.8) is 0 Å². The van der Waals surface area contributed by atoms with Crippen molar-refractivity contribution in [1.29, 1.82) is 0 Å². The molecule has 14 aromatic rings. The molecular weight excluding hydrogens is 1010 g/mol. The molecule has 0 radical (unpaired) electrons. The second kappa shape index (κ2) is 19.9. The van der Waals surface area contributed by atoms with Crippen LogP contribution >= 0.6 is 0 Å². The lowest BCUT2D eigenvalue weighted by Gasteiger charge is -2.24. The Hall–Kier alpha value is -9.60. The maximum atomic E-state index is 7.23. The number of nitrogens with zero attached hydrogens (tertiary/aromatic N) is 6. The van der Waals surface area contributed by atoms with Crippen LogP contribution in [0.5, 0.6) is 11.5 Å². The highest BCUT2D eigenvalue weighted by Gasteiger charge is 2.29. The smallest absolute Gasteiger partial charge is 0.229 e. The molecule has 0 N–H and O–H groups in total. The van der Waals surface area contributed by atoms with E-state index in [-0.39, 0.29) is 23.7 Å². The summed E-state index contributed by atoms with van der Waals surface area (Å²) in [6, 6.07) is 66.1. The molecule has 0 spiro atoms. The number of para-hydroxylation sites is 4. The van der Waals surface area contributed by atoms with Gasteiger partial charge in [-0.2, -0.15) is 0 Å². The fourth-order valence-electron chi connectivity index (χ4n) is 12.1. The predicted molar refractivity (Wildman–Crippen MR) is 335 cm³/mol. The first-order chi connectivity index (χ1) is 39.8. The standard InChI is InChI=1S/C73H62N6O3/c1-41(2)54-34-49(46-21-12-10-13-22-46)35-55(42(3)4)68(54)78-62-29-18-16-27-60(62)75-71(78)48-25-20-26-51(33-48)80-52-38-58-67-64(40-65-66(77-67)53-32-31-45(9)74-73(53)82-65)81-70(58)59(39-52)72-76-61-28-17-19-30-63(61)79(72)69-56(43(5)6)36-50(37-57(69)44(7)8)47-23-14-11-15-24-47/h10-44H,1-9H3. The van der Waals surface area contributed by atoms with Gasteiger partial charge in [0.05, 0.1) is 49.8 Å². The number of aromatic nitrogens is 6. The average molecular weight is 1070 g/mol. The number of ether oxygens (including phenoxy) is 1. The van der Waals surface area contributed by atoms with Crippen LogP contribution in [0.4, 0.5) is 0 Å². The first kappa shape index (κ1) is 50.6. The highest BCUT2D eigenvalue weighted by Crippen LogP contribution is 2.47. The number of fused-ring (bicyclic) bond motifs is 8. The van der Waals surface area contributed by atoms with Crippen LogP contribution in [0.25, 0.3) is 123 Å². The van der Waals surface area contributed by atoms with E-state index >= 15 is 0 Å². The summed E-state index contributed by atoms with van der Waals surface area (Å²) >= 11 is 0. The molecule has 0 amide bonds. The summed E-state index contributed by atoms with van der Waals surface area (Å²) in [7, 11) is 0. The minimum Gasteiger partial charge on any atom is -0.457 e. The number of aryl methyl sites for hydroxylation is 1. The fourth-order valence-corrected chi connectivity index (χ4v) is 12.1. The molecule has 0 aliphatic heterocycles. The van der Waals surface area contributed by atoms with Crippen LogP contribution in [0.1, 0.15) is 107 Å². The van der Waals surface area contributed by atoms with Gasteiger partial charge in [0.25, 0.3) is 0 Å². The van der Waals surface area contributed by atoms with Gasteiger partial charge in [-0.25, -0.2) is 19.9 Å². The number of benzene rings is 8. The Morgan fingerprint density at radius 3 is 1.46 bits per heavy atom. The number of rotatable bonds is 12. The van der Waals surface area contributed by atoms with Crippen molar-refractivity contribution in [2.24, 2.45) is 0 Å². The topological polar surface area (TPSA) is 96.9 Å². The van der Waals surface area contributed by atoms with Crippen LogP contribution in [-0.4, -0.2) is 29.1 Å². The number of hydrogen-bond acceptors (Lipinski definition) is 7. The van der Waals surface area contributed by atoms with E-state index in [1.165, 1.54) is 50.2 Å². The van der Waals surface area contributed by atoms with Gasteiger partial charge in [-0.05, 0) is 160 Å². The first-order valence-electron chi connectivity index (χ1n) is 28.6. The Kier molecular flexibility index (Phi) is 12.3. The quantitative estimate of drug-likeness (QED) is 0.120. The van der Waals surface area contributed by atoms with Crippen molar-refractivity contribution < 1.29 is 13.6 Å². The lowest BCUT2D eigenvalue weighted by molar-refractivity contribution is 0.483. The third-order valence-electron chi connectivity index (χ3n) is 16.1. The van der Waals surface area contributed by atoms with Crippen molar-refractivity contribution in [2.45, 2.75) is 86.0 Å². The van der Waals surface area contributed by atoms with Crippen molar-refractivity contribution in [1.82, 2.24) is 29.1 Å². The number of furan rings is 2. The molecule has 0 aliphatic rings. The molecule has 0 saturated carbocycles. The summed E-state index contributed by atoms with van der Waals surface area (Å²) in [5, 5.41) is 1.62. The summed E-state index contributed by atoms with van der Waals surface area (Å²) < 4.78 is 25.4. The highest BCUT2D eigenvalue weighted by atomic mass is 16.5. The molecule has 6 heterocycles. The van der Waals surface area contributed by atoms with Gasteiger partial charge in [-0.15, -0.1) is 0 Å². The summed E-state index contributed by atoms with van der Waals surface area (Å²) in [6.45, 7) is 20.2. The van der Waals surface area contributed by atoms with Gasteiger partial charge < -0.3 is 13.6 Å². The number of pyridine rings is 2. The van der Waals surface area contributed by atoms with Crippen molar-refractivity contribution in [2.75, 3.05) is 0 Å². The fraction of sp³-hybridized carbons (Fsp3) is 0.178. The van der Waals surface area contributed by atoms with Gasteiger partial charge in [-0.3, -0.25) is 9.13 Å². The van der Waals surface area contributed by atoms with E-state index in [1.54, 1.807) is 0 Å². The minimum atomic E-state index is 0.168. The molecular formula is C73H62N6O3. The van der Waals surface area contributed by atoms with Crippen molar-refractivity contribution in [3.05, 3.63) is 216 Å². The second-order valence-corrected chi connectivity index (χ2v) is 23.0. The van der Waals surface area contributed by atoms with Crippen molar-refractivity contribution in [3.8, 4) is 67.9 Å². The molecule has 6 aromatic heterocycles. The second-order valence-electron chi connectivity index (χ2n) is 23.0. The molecule has 82 heavy (non-hydrogen) atoms. The summed E-state index contributed by atoms with van der Waals surface area (Å²) in [4.78, 5) is 21.1. The zero-order valence-electron chi connectivity index (χ0n) is 47.6. The van der Waals surface area contributed by atoms with E-state index in [9.17, 15) is 0 Å². The van der Waals surface area contributed by atoms with Crippen LogP contribution < -0.4 is 4.74 Å². The molecule has 0 unspecified atom stereocenters. The molecule has 8 aromatic carbocycles. The molecule has 0 saturated heterocycles. The lowest BCUT2D eigenvalue weighted by atomic mass is 9.88.